The Hall–Kier alpha value is -1.02. The number of aliphatic hydroxyl groups excluding tert-OH is 1. The Labute approximate surface area is 109 Å². The third-order valence-corrected chi connectivity index (χ3v) is 4.78. The first-order valence-corrected chi connectivity index (χ1v) is 7.02. The molecule has 2 aliphatic rings. The van der Waals surface area contributed by atoms with E-state index in [4.69, 9.17) is 4.74 Å². The summed E-state index contributed by atoms with van der Waals surface area (Å²) >= 11 is 0. The molecule has 2 saturated carbocycles. The first-order chi connectivity index (χ1) is 8.70. The molecule has 0 heterocycles. The fourth-order valence-corrected chi connectivity index (χ4v) is 3.88. The van der Waals surface area contributed by atoms with Crippen LogP contribution in [0.4, 0.5) is 0 Å². The summed E-state index contributed by atoms with van der Waals surface area (Å²) in [4.78, 5) is 0. The first-order valence-electron chi connectivity index (χ1n) is 7.02. The van der Waals surface area contributed by atoms with Gasteiger partial charge in [0, 0.05) is 6.42 Å². The van der Waals surface area contributed by atoms with Crippen molar-refractivity contribution in [3.05, 3.63) is 29.3 Å². The molecule has 0 saturated heterocycles. The third-order valence-electron chi connectivity index (χ3n) is 4.78. The van der Waals surface area contributed by atoms with Gasteiger partial charge in [-0.25, -0.2) is 0 Å². The highest BCUT2D eigenvalue weighted by atomic mass is 16.5. The van der Waals surface area contributed by atoms with Gasteiger partial charge in [-0.3, -0.25) is 0 Å². The van der Waals surface area contributed by atoms with Crippen molar-refractivity contribution >= 4 is 0 Å². The van der Waals surface area contributed by atoms with Gasteiger partial charge in [0.1, 0.15) is 5.75 Å². The van der Waals surface area contributed by atoms with E-state index in [2.05, 4.69) is 19.1 Å². The molecule has 3 unspecified atom stereocenters. The summed E-state index contributed by atoms with van der Waals surface area (Å²) in [5, 5.41) is 10.4. The van der Waals surface area contributed by atoms with E-state index in [0.29, 0.717) is 5.92 Å². The molecule has 0 spiro atoms. The van der Waals surface area contributed by atoms with Crippen LogP contribution in [0.3, 0.4) is 0 Å². The second-order valence-corrected chi connectivity index (χ2v) is 5.92. The summed E-state index contributed by atoms with van der Waals surface area (Å²) in [6, 6.07) is 6.20. The van der Waals surface area contributed by atoms with Crippen molar-refractivity contribution in [3.63, 3.8) is 0 Å². The molecule has 18 heavy (non-hydrogen) atoms. The largest absolute Gasteiger partial charge is 0.496 e. The average molecular weight is 246 g/mol. The molecule has 0 radical (unpaired) electrons. The van der Waals surface area contributed by atoms with Gasteiger partial charge in [-0.15, -0.1) is 0 Å². The topological polar surface area (TPSA) is 29.5 Å². The van der Waals surface area contributed by atoms with Crippen LogP contribution in [0.25, 0.3) is 0 Å². The molecule has 0 bridgehead atoms. The molecular formula is C16H22O2. The zero-order chi connectivity index (χ0) is 12.7. The lowest BCUT2D eigenvalue weighted by atomic mass is 9.98. The molecule has 2 aliphatic carbocycles. The van der Waals surface area contributed by atoms with Crippen LogP contribution in [-0.2, 0) is 6.42 Å². The lowest BCUT2D eigenvalue weighted by Crippen LogP contribution is -2.17. The minimum atomic E-state index is -0.184. The summed E-state index contributed by atoms with van der Waals surface area (Å²) in [7, 11) is 1.70. The highest BCUT2D eigenvalue weighted by molar-refractivity contribution is 5.37. The van der Waals surface area contributed by atoms with Crippen molar-refractivity contribution in [3.8, 4) is 5.75 Å². The number of aliphatic hydroxyl groups is 1. The average Bonchev–Trinajstić information content (AvgIpc) is 2.84. The van der Waals surface area contributed by atoms with Gasteiger partial charge in [-0.1, -0.05) is 24.1 Å². The van der Waals surface area contributed by atoms with E-state index >= 15 is 0 Å². The number of hydrogen-bond acceptors (Lipinski definition) is 2. The molecule has 3 atom stereocenters. The smallest absolute Gasteiger partial charge is 0.122 e. The van der Waals surface area contributed by atoms with Crippen molar-refractivity contribution in [1.29, 1.82) is 0 Å². The van der Waals surface area contributed by atoms with E-state index < -0.39 is 0 Å². The zero-order valence-corrected chi connectivity index (χ0v) is 11.2. The Morgan fingerprint density at radius 2 is 2.06 bits per heavy atom. The molecule has 98 valence electrons. The predicted octanol–water partition coefficient (Wildman–Crippen LogP) is 2.95. The van der Waals surface area contributed by atoms with E-state index in [1.165, 1.54) is 24.8 Å². The van der Waals surface area contributed by atoms with Gasteiger partial charge >= 0.3 is 0 Å². The van der Waals surface area contributed by atoms with Crippen LogP contribution in [0, 0.1) is 24.7 Å². The Kier molecular flexibility index (Phi) is 3.06. The van der Waals surface area contributed by atoms with Crippen LogP contribution in [0.5, 0.6) is 5.75 Å². The number of benzene rings is 1. The molecule has 2 heteroatoms. The molecule has 3 rings (SSSR count). The highest BCUT2D eigenvalue weighted by Crippen LogP contribution is 2.59. The van der Waals surface area contributed by atoms with Crippen LogP contribution < -0.4 is 4.74 Å². The monoisotopic (exact) mass is 246 g/mol. The van der Waals surface area contributed by atoms with Gasteiger partial charge in [-0.2, -0.15) is 0 Å². The minimum Gasteiger partial charge on any atom is -0.496 e. The number of ether oxygens (including phenoxy) is 1. The van der Waals surface area contributed by atoms with Gasteiger partial charge in [0.05, 0.1) is 13.2 Å². The normalized spacial score (nSPS) is 30.9. The molecule has 2 nitrogen and oxygen atoms in total. The second-order valence-electron chi connectivity index (χ2n) is 5.92. The van der Waals surface area contributed by atoms with Crippen LogP contribution in [0.1, 0.15) is 30.4 Å². The molecule has 1 aromatic rings. The molecule has 0 amide bonds. The summed E-state index contributed by atoms with van der Waals surface area (Å²) in [5.41, 5.74) is 2.38. The lowest BCUT2D eigenvalue weighted by Gasteiger charge is -2.15. The number of aryl methyl sites for hydroxylation is 1. The standard InChI is InChI=1S/C16H22O2/c1-10-6-7-15(18-2)11(8-10)9-14(17)16-12-4-3-5-13(12)16/h6-8,12-14,16-17H,3-5,9H2,1-2H3. The fourth-order valence-electron chi connectivity index (χ4n) is 3.88. The number of hydrogen-bond donors (Lipinski definition) is 1. The maximum absolute atomic E-state index is 10.4. The highest BCUT2D eigenvalue weighted by Gasteiger charge is 2.55. The Balaban J connectivity index is 1.70. The molecule has 0 aromatic heterocycles. The Morgan fingerprint density at radius 3 is 2.72 bits per heavy atom. The van der Waals surface area contributed by atoms with Crippen molar-refractivity contribution in [2.45, 2.75) is 38.7 Å². The molecule has 1 N–H and O–H groups in total. The van der Waals surface area contributed by atoms with E-state index in [0.717, 1.165) is 29.6 Å². The number of fused-ring (bicyclic) bond motifs is 1. The summed E-state index contributed by atoms with van der Waals surface area (Å²) in [6.07, 6.45) is 4.58. The first kappa shape index (κ1) is 12.0. The van der Waals surface area contributed by atoms with E-state index in [1.807, 2.05) is 6.07 Å². The van der Waals surface area contributed by atoms with Crippen molar-refractivity contribution < 1.29 is 9.84 Å². The summed E-state index contributed by atoms with van der Waals surface area (Å²) in [6.45, 7) is 2.08. The van der Waals surface area contributed by atoms with Gasteiger partial charge in [0.25, 0.3) is 0 Å². The van der Waals surface area contributed by atoms with Crippen molar-refractivity contribution in [1.82, 2.24) is 0 Å². The molecule has 1 aromatic carbocycles. The molecule has 0 aliphatic heterocycles. The second kappa shape index (κ2) is 4.58. The van der Waals surface area contributed by atoms with Gasteiger partial charge < -0.3 is 9.84 Å². The molecular weight excluding hydrogens is 224 g/mol. The Morgan fingerprint density at radius 1 is 1.33 bits per heavy atom. The van der Waals surface area contributed by atoms with Crippen LogP contribution in [-0.4, -0.2) is 18.3 Å². The van der Waals surface area contributed by atoms with E-state index in [1.54, 1.807) is 7.11 Å². The predicted molar refractivity (Wildman–Crippen MR) is 71.8 cm³/mol. The van der Waals surface area contributed by atoms with Crippen LogP contribution in [0.15, 0.2) is 18.2 Å². The molecule has 2 fully saturated rings. The number of rotatable bonds is 4. The summed E-state index contributed by atoms with van der Waals surface area (Å²) in [5.74, 6) is 3.10. The Bertz CT molecular complexity index is 431. The van der Waals surface area contributed by atoms with Crippen LogP contribution in [0.2, 0.25) is 0 Å². The quantitative estimate of drug-likeness (QED) is 0.885. The van der Waals surface area contributed by atoms with Crippen molar-refractivity contribution in [2.24, 2.45) is 17.8 Å². The van der Waals surface area contributed by atoms with Gasteiger partial charge in [0.15, 0.2) is 0 Å². The van der Waals surface area contributed by atoms with E-state index in [-0.39, 0.29) is 6.10 Å². The van der Waals surface area contributed by atoms with Gasteiger partial charge in [0.2, 0.25) is 0 Å². The van der Waals surface area contributed by atoms with Crippen molar-refractivity contribution in [2.75, 3.05) is 7.11 Å². The third kappa shape index (κ3) is 2.03. The number of methoxy groups -OCH3 is 1. The maximum Gasteiger partial charge on any atom is 0.122 e. The fraction of sp³-hybridized carbons (Fsp3) is 0.625. The zero-order valence-electron chi connectivity index (χ0n) is 11.2. The van der Waals surface area contributed by atoms with Crippen LogP contribution >= 0.6 is 0 Å². The lowest BCUT2D eigenvalue weighted by molar-refractivity contribution is 0.135. The maximum atomic E-state index is 10.4. The minimum absolute atomic E-state index is 0.184. The van der Waals surface area contributed by atoms with Gasteiger partial charge in [-0.05, 0) is 49.1 Å². The van der Waals surface area contributed by atoms with E-state index in [9.17, 15) is 5.11 Å². The SMILES string of the molecule is COc1ccc(C)cc1CC(O)C1C2CCCC21. The summed E-state index contributed by atoms with van der Waals surface area (Å²) < 4.78 is 5.38.